The van der Waals surface area contributed by atoms with Crippen molar-refractivity contribution in [1.82, 2.24) is 24.6 Å². The van der Waals surface area contributed by atoms with Crippen LogP contribution < -0.4 is 0 Å². The van der Waals surface area contributed by atoms with E-state index >= 15 is 0 Å². The molecule has 2 aromatic heterocycles. The summed E-state index contributed by atoms with van der Waals surface area (Å²) in [6, 6.07) is 0.284. The highest BCUT2D eigenvalue weighted by molar-refractivity contribution is 7.11. The van der Waals surface area contributed by atoms with Crippen molar-refractivity contribution in [3.63, 3.8) is 0 Å². The molecule has 2 aromatic rings. The van der Waals surface area contributed by atoms with E-state index in [1.807, 2.05) is 4.68 Å². The van der Waals surface area contributed by atoms with Gasteiger partial charge in [-0.05, 0) is 34.7 Å². The molecule has 2 rings (SSSR count). The minimum atomic E-state index is 0.284. The molecule has 0 N–H and O–H groups in total. The maximum atomic E-state index is 4.64. The molecule has 2 heterocycles. The molecule has 104 valence electrons. The first-order valence-electron chi connectivity index (χ1n) is 6.53. The number of hydrogen-bond donors (Lipinski definition) is 0. The Morgan fingerprint density at radius 2 is 2.16 bits per heavy atom. The fourth-order valence-electron chi connectivity index (χ4n) is 2.18. The molecule has 0 saturated carbocycles. The summed E-state index contributed by atoms with van der Waals surface area (Å²) in [4.78, 5) is 12.5. The van der Waals surface area contributed by atoms with Crippen molar-refractivity contribution in [2.45, 2.75) is 46.8 Å². The lowest BCUT2D eigenvalue weighted by molar-refractivity contribution is 0.238. The van der Waals surface area contributed by atoms with Crippen molar-refractivity contribution < 1.29 is 0 Å². The van der Waals surface area contributed by atoms with Crippen LogP contribution in [0.15, 0.2) is 6.33 Å². The Morgan fingerprint density at radius 3 is 2.74 bits per heavy atom. The van der Waals surface area contributed by atoms with Gasteiger partial charge in [0, 0.05) is 11.4 Å². The van der Waals surface area contributed by atoms with E-state index in [-0.39, 0.29) is 6.04 Å². The summed E-state index contributed by atoms with van der Waals surface area (Å²) in [5.41, 5.74) is 1.17. The maximum Gasteiger partial charge on any atom is 0.141 e. The summed E-state index contributed by atoms with van der Waals surface area (Å²) in [7, 11) is 2.10. The van der Waals surface area contributed by atoms with Crippen molar-refractivity contribution in [3.8, 4) is 0 Å². The first-order chi connectivity index (χ1) is 9.02. The van der Waals surface area contributed by atoms with Crippen molar-refractivity contribution in [2.75, 3.05) is 7.05 Å². The van der Waals surface area contributed by atoms with E-state index in [1.54, 1.807) is 17.7 Å². The molecule has 0 bridgehead atoms. The van der Waals surface area contributed by atoms with E-state index in [9.17, 15) is 0 Å². The fraction of sp³-hybridized carbons (Fsp3) is 0.615. The van der Waals surface area contributed by atoms with Gasteiger partial charge in [0.2, 0.25) is 0 Å². The molecule has 0 fully saturated rings. The monoisotopic (exact) mass is 279 g/mol. The minimum Gasteiger partial charge on any atom is -0.291 e. The van der Waals surface area contributed by atoms with Crippen molar-refractivity contribution >= 4 is 11.3 Å². The Bertz CT molecular complexity index is 545. The number of thiazole rings is 1. The molecule has 19 heavy (non-hydrogen) atoms. The van der Waals surface area contributed by atoms with Crippen LogP contribution in [0.5, 0.6) is 0 Å². The standard InChI is InChI=1S/C13H21N5S/c1-6-18-12(14-8-15-18)7-17(5)9(2)13-10(3)19-11(4)16-13/h8-9H,6-7H2,1-5H3/t9-/m1/s1. The average molecular weight is 279 g/mol. The van der Waals surface area contributed by atoms with E-state index in [1.165, 1.54) is 10.6 Å². The summed E-state index contributed by atoms with van der Waals surface area (Å²) in [5, 5.41) is 5.34. The molecule has 1 atom stereocenters. The number of nitrogens with zero attached hydrogens (tertiary/aromatic N) is 5. The third kappa shape index (κ3) is 3.01. The van der Waals surface area contributed by atoms with Crippen LogP contribution in [0.4, 0.5) is 0 Å². The summed E-state index contributed by atoms with van der Waals surface area (Å²) < 4.78 is 1.93. The summed E-state index contributed by atoms with van der Waals surface area (Å²) in [5.74, 6) is 1.00. The van der Waals surface area contributed by atoms with Gasteiger partial charge in [0.05, 0.1) is 23.3 Å². The zero-order valence-electron chi connectivity index (χ0n) is 12.2. The molecular weight excluding hydrogens is 258 g/mol. The molecule has 6 heteroatoms. The van der Waals surface area contributed by atoms with Crippen LogP contribution in [0.2, 0.25) is 0 Å². The molecule has 0 unspecified atom stereocenters. The molecule has 0 aromatic carbocycles. The molecule has 0 spiro atoms. The number of rotatable bonds is 5. The van der Waals surface area contributed by atoms with Gasteiger partial charge in [-0.2, -0.15) is 5.10 Å². The molecule has 0 aliphatic carbocycles. The van der Waals surface area contributed by atoms with E-state index in [2.05, 4.69) is 54.7 Å². The van der Waals surface area contributed by atoms with Crippen LogP contribution in [-0.2, 0) is 13.1 Å². The van der Waals surface area contributed by atoms with Crippen LogP contribution >= 0.6 is 11.3 Å². The van der Waals surface area contributed by atoms with E-state index in [4.69, 9.17) is 0 Å². The highest BCUT2D eigenvalue weighted by atomic mass is 32.1. The number of aromatic nitrogens is 4. The van der Waals surface area contributed by atoms with Gasteiger partial charge in [-0.1, -0.05) is 0 Å². The van der Waals surface area contributed by atoms with E-state index in [0.717, 1.165) is 23.9 Å². The molecule has 0 saturated heterocycles. The third-order valence-electron chi connectivity index (χ3n) is 3.38. The largest absolute Gasteiger partial charge is 0.291 e. The van der Waals surface area contributed by atoms with Crippen LogP contribution in [0, 0.1) is 13.8 Å². The van der Waals surface area contributed by atoms with Crippen molar-refractivity contribution in [2.24, 2.45) is 0 Å². The van der Waals surface area contributed by atoms with Gasteiger partial charge in [0.15, 0.2) is 0 Å². The fourth-order valence-corrected chi connectivity index (χ4v) is 3.08. The minimum absolute atomic E-state index is 0.284. The summed E-state index contributed by atoms with van der Waals surface area (Å²) in [6.45, 7) is 10.1. The van der Waals surface area contributed by atoms with Gasteiger partial charge in [-0.3, -0.25) is 4.90 Å². The Morgan fingerprint density at radius 1 is 1.42 bits per heavy atom. The number of hydrogen-bond acceptors (Lipinski definition) is 5. The zero-order chi connectivity index (χ0) is 14.0. The van der Waals surface area contributed by atoms with E-state index in [0.29, 0.717) is 0 Å². The second kappa shape index (κ2) is 5.79. The van der Waals surface area contributed by atoms with Gasteiger partial charge in [0.1, 0.15) is 12.2 Å². The molecule has 5 nitrogen and oxygen atoms in total. The lowest BCUT2D eigenvalue weighted by Gasteiger charge is -2.23. The summed E-state index contributed by atoms with van der Waals surface area (Å²) in [6.07, 6.45) is 1.62. The first kappa shape index (κ1) is 14.1. The highest BCUT2D eigenvalue weighted by Crippen LogP contribution is 2.26. The Labute approximate surface area is 118 Å². The molecule has 0 aliphatic rings. The van der Waals surface area contributed by atoms with Crippen LogP contribution in [0.1, 0.15) is 41.3 Å². The third-order valence-corrected chi connectivity index (χ3v) is 4.28. The first-order valence-corrected chi connectivity index (χ1v) is 7.35. The normalized spacial score (nSPS) is 13.2. The topological polar surface area (TPSA) is 46.8 Å². The summed E-state index contributed by atoms with van der Waals surface area (Å²) >= 11 is 1.76. The molecule has 0 aliphatic heterocycles. The Hall–Kier alpha value is -1.27. The quantitative estimate of drug-likeness (QED) is 0.844. The van der Waals surface area contributed by atoms with Gasteiger partial charge in [0.25, 0.3) is 0 Å². The van der Waals surface area contributed by atoms with Crippen LogP contribution in [-0.4, -0.2) is 31.7 Å². The lowest BCUT2D eigenvalue weighted by atomic mass is 10.2. The molecular formula is C13H21N5S. The predicted octanol–water partition coefficient (Wildman–Crippen LogP) is 2.56. The van der Waals surface area contributed by atoms with Gasteiger partial charge < -0.3 is 0 Å². The SMILES string of the molecule is CCn1ncnc1CN(C)[C@H](C)c1nc(C)sc1C. The molecule has 0 radical (unpaired) electrons. The van der Waals surface area contributed by atoms with Crippen molar-refractivity contribution in [1.29, 1.82) is 0 Å². The van der Waals surface area contributed by atoms with Crippen LogP contribution in [0.3, 0.4) is 0 Å². The average Bonchev–Trinajstić information content (AvgIpc) is 2.94. The van der Waals surface area contributed by atoms with E-state index < -0.39 is 0 Å². The van der Waals surface area contributed by atoms with Crippen LogP contribution in [0.25, 0.3) is 0 Å². The molecule has 0 amide bonds. The maximum absolute atomic E-state index is 4.64. The number of aryl methyl sites for hydroxylation is 3. The smallest absolute Gasteiger partial charge is 0.141 e. The van der Waals surface area contributed by atoms with Gasteiger partial charge >= 0.3 is 0 Å². The second-order valence-corrected chi connectivity index (χ2v) is 6.16. The highest BCUT2D eigenvalue weighted by Gasteiger charge is 2.19. The predicted molar refractivity (Wildman–Crippen MR) is 77.2 cm³/mol. The van der Waals surface area contributed by atoms with Crippen molar-refractivity contribution in [3.05, 3.63) is 27.7 Å². The second-order valence-electron chi connectivity index (χ2n) is 4.76. The van der Waals surface area contributed by atoms with Gasteiger partial charge in [-0.25, -0.2) is 14.6 Å². The lowest BCUT2D eigenvalue weighted by Crippen LogP contribution is -2.24. The Balaban J connectivity index is 2.11. The Kier molecular flexibility index (Phi) is 4.31. The van der Waals surface area contributed by atoms with Gasteiger partial charge in [-0.15, -0.1) is 11.3 Å². The zero-order valence-corrected chi connectivity index (χ0v) is 13.0.